The molecule has 0 aromatic heterocycles. The molecule has 2 heteroatoms. The van der Waals surface area contributed by atoms with Gasteiger partial charge in [-0.2, -0.15) is 0 Å². The third-order valence-corrected chi connectivity index (χ3v) is 4.04. The van der Waals surface area contributed by atoms with Crippen molar-refractivity contribution in [3.63, 3.8) is 0 Å². The van der Waals surface area contributed by atoms with Gasteiger partial charge < -0.3 is 4.90 Å². The predicted molar refractivity (Wildman–Crippen MR) is 76.3 cm³/mol. The van der Waals surface area contributed by atoms with E-state index in [1.54, 1.807) is 6.92 Å². The van der Waals surface area contributed by atoms with Crippen LogP contribution in [-0.2, 0) is 0 Å². The highest BCUT2D eigenvalue weighted by atomic mass is 16.1. The van der Waals surface area contributed by atoms with E-state index in [0.717, 1.165) is 11.3 Å². The van der Waals surface area contributed by atoms with Crippen molar-refractivity contribution >= 4 is 11.5 Å². The molecule has 0 aliphatic heterocycles. The first kappa shape index (κ1) is 13.1. The van der Waals surface area contributed by atoms with Crippen molar-refractivity contribution < 1.29 is 4.79 Å². The molecule has 0 spiro atoms. The van der Waals surface area contributed by atoms with Crippen LogP contribution in [0.2, 0.25) is 0 Å². The van der Waals surface area contributed by atoms with E-state index in [1.165, 1.54) is 38.5 Å². The maximum atomic E-state index is 11.7. The molecule has 1 aromatic rings. The Hall–Kier alpha value is -1.31. The van der Waals surface area contributed by atoms with Gasteiger partial charge in [0.2, 0.25) is 0 Å². The normalized spacial score (nSPS) is 17.2. The standard InChI is InChI=1S/C16H23NO/c1-13(18)15-11-7-8-12-16(15)17(2)14-9-5-3-4-6-10-14/h7-8,11-12,14H,3-6,9-10H2,1-2H3. The maximum Gasteiger partial charge on any atom is 0.161 e. The molecular weight excluding hydrogens is 222 g/mol. The van der Waals surface area contributed by atoms with Gasteiger partial charge >= 0.3 is 0 Å². The molecule has 0 bridgehead atoms. The zero-order chi connectivity index (χ0) is 13.0. The van der Waals surface area contributed by atoms with E-state index >= 15 is 0 Å². The van der Waals surface area contributed by atoms with Gasteiger partial charge in [-0.3, -0.25) is 4.79 Å². The third-order valence-electron chi connectivity index (χ3n) is 4.04. The molecular formula is C16H23NO. The summed E-state index contributed by atoms with van der Waals surface area (Å²) in [5.41, 5.74) is 1.95. The second-order valence-electron chi connectivity index (χ2n) is 5.33. The molecule has 98 valence electrons. The lowest BCUT2D eigenvalue weighted by molar-refractivity contribution is 0.101. The molecule has 0 N–H and O–H groups in total. The zero-order valence-corrected chi connectivity index (χ0v) is 11.5. The summed E-state index contributed by atoms with van der Waals surface area (Å²) in [6.45, 7) is 1.65. The summed E-state index contributed by atoms with van der Waals surface area (Å²) < 4.78 is 0. The number of carbonyl (C=O) groups is 1. The van der Waals surface area contributed by atoms with Gasteiger partial charge in [0.05, 0.1) is 0 Å². The van der Waals surface area contributed by atoms with Crippen LogP contribution in [0.5, 0.6) is 0 Å². The van der Waals surface area contributed by atoms with Crippen LogP contribution in [0.4, 0.5) is 5.69 Å². The van der Waals surface area contributed by atoms with Crippen molar-refractivity contribution in [3.05, 3.63) is 29.8 Å². The number of ketones is 1. The Labute approximate surface area is 110 Å². The lowest BCUT2D eigenvalue weighted by Crippen LogP contribution is -2.32. The quantitative estimate of drug-likeness (QED) is 0.591. The lowest BCUT2D eigenvalue weighted by atomic mass is 10.0. The minimum atomic E-state index is 0.158. The van der Waals surface area contributed by atoms with Crippen molar-refractivity contribution in [3.8, 4) is 0 Å². The number of Topliss-reactive ketones (excluding diaryl/α,β-unsaturated/α-hetero) is 1. The van der Waals surface area contributed by atoms with Gasteiger partial charge in [0.25, 0.3) is 0 Å². The van der Waals surface area contributed by atoms with E-state index in [9.17, 15) is 4.79 Å². The molecule has 0 radical (unpaired) electrons. The fraction of sp³-hybridized carbons (Fsp3) is 0.562. The summed E-state index contributed by atoms with van der Waals surface area (Å²) in [6, 6.07) is 8.57. The van der Waals surface area contributed by atoms with Gasteiger partial charge in [-0.15, -0.1) is 0 Å². The Bertz CT molecular complexity index is 405. The fourth-order valence-corrected chi connectivity index (χ4v) is 2.92. The summed E-state index contributed by atoms with van der Waals surface area (Å²) in [5, 5.41) is 0. The van der Waals surface area contributed by atoms with Crippen molar-refractivity contribution in [2.24, 2.45) is 0 Å². The Balaban J connectivity index is 2.21. The molecule has 0 heterocycles. The maximum absolute atomic E-state index is 11.7. The third kappa shape index (κ3) is 2.92. The highest BCUT2D eigenvalue weighted by molar-refractivity contribution is 5.99. The van der Waals surface area contributed by atoms with E-state index in [4.69, 9.17) is 0 Å². The van der Waals surface area contributed by atoms with Crippen molar-refractivity contribution in [1.82, 2.24) is 0 Å². The molecule has 2 nitrogen and oxygen atoms in total. The highest BCUT2D eigenvalue weighted by Gasteiger charge is 2.19. The number of nitrogens with zero attached hydrogens (tertiary/aromatic N) is 1. The molecule has 0 amide bonds. The molecule has 0 atom stereocenters. The van der Waals surface area contributed by atoms with Crippen LogP contribution in [0.1, 0.15) is 55.8 Å². The number of benzene rings is 1. The van der Waals surface area contributed by atoms with E-state index in [2.05, 4.69) is 18.0 Å². The minimum Gasteiger partial charge on any atom is -0.371 e. The number of hydrogen-bond donors (Lipinski definition) is 0. The SMILES string of the molecule is CC(=O)c1ccccc1N(C)C1CCCCCC1. The van der Waals surface area contributed by atoms with Crippen LogP contribution >= 0.6 is 0 Å². The molecule has 1 aromatic carbocycles. The zero-order valence-electron chi connectivity index (χ0n) is 11.5. The van der Waals surface area contributed by atoms with Crippen LogP contribution in [0.25, 0.3) is 0 Å². The molecule has 0 unspecified atom stereocenters. The van der Waals surface area contributed by atoms with E-state index < -0.39 is 0 Å². The predicted octanol–water partition coefficient (Wildman–Crippen LogP) is 4.05. The smallest absolute Gasteiger partial charge is 0.161 e. The highest BCUT2D eigenvalue weighted by Crippen LogP contribution is 2.27. The fourth-order valence-electron chi connectivity index (χ4n) is 2.92. The number of hydrogen-bond acceptors (Lipinski definition) is 2. The van der Waals surface area contributed by atoms with Gasteiger partial charge in [0.15, 0.2) is 5.78 Å². The average molecular weight is 245 g/mol. The monoisotopic (exact) mass is 245 g/mol. The van der Waals surface area contributed by atoms with Crippen LogP contribution in [-0.4, -0.2) is 18.9 Å². The number of anilines is 1. The molecule has 1 aliphatic rings. The first-order chi connectivity index (χ1) is 8.70. The molecule has 1 aliphatic carbocycles. The van der Waals surface area contributed by atoms with Crippen LogP contribution in [0.3, 0.4) is 0 Å². The van der Waals surface area contributed by atoms with E-state index in [0.29, 0.717) is 6.04 Å². The average Bonchev–Trinajstić information content (AvgIpc) is 2.66. The Morgan fingerprint density at radius 1 is 1.11 bits per heavy atom. The Morgan fingerprint density at radius 3 is 2.33 bits per heavy atom. The van der Waals surface area contributed by atoms with Crippen LogP contribution in [0, 0.1) is 0 Å². The van der Waals surface area contributed by atoms with Crippen LogP contribution in [0.15, 0.2) is 24.3 Å². The molecule has 0 saturated heterocycles. The minimum absolute atomic E-state index is 0.158. The number of carbonyl (C=O) groups excluding carboxylic acids is 1. The van der Waals surface area contributed by atoms with Gasteiger partial charge in [0, 0.05) is 24.3 Å². The first-order valence-electron chi connectivity index (χ1n) is 7.03. The van der Waals surface area contributed by atoms with Gasteiger partial charge in [0.1, 0.15) is 0 Å². The van der Waals surface area contributed by atoms with Gasteiger partial charge in [-0.05, 0) is 31.9 Å². The molecule has 18 heavy (non-hydrogen) atoms. The van der Waals surface area contributed by atoms with Gasteiger partial charge in [-0.25, -0.2) is 0 Å². The van der Waals surface area contributed by atoms with Crippen molar-refractivity contribution in [2.75, 3.05) is 11.9 Å². The van der Waals surface area contributed by atoms with Crippen LogP contribution < -0.4 is 4.90 Å². The Morgan fingerprint density at radius 2 is 1.72 bits per heavy atom. The molecule has 2 rings (SSSR count). The Kier molecular flexibility index (Phi) is 4.40. The second kappa shape index (κ2) is 6.03. The van der Waals surface area contributed by atoms with Crippen molar-refractivity contribution in [2.45, 2.75) is 51.5 Å². The van der Waals surface area contributed by atoms with Gasteiger partial charge in [-0.1, -0.05) is 37.8 Å². The summed E-state index contributed by atoms with van der Waals surface area (Å²) in [7, 11) is 2.14. The molecule has 1 fully saturated rings. The summed E-state index contributed by atoms with van der Waals surface area (Å²) >= 11 is 0. The summed E-state index contributed by atoms with van der Waals surface area (Å²) in [6.07, 6.45) is 7.86. The summed E-state index contributed by atoms with van der Waals surface area (Å²) in [4.78, 5) is 14.0. The second-order valence-corrected chi connectivity index (χ2v) is 5.33. The summed E-state index contributed by atoms with van der Waals surface area (Å²) in [5.74, 6) is 0.158. The molecule has 1 saturated carbocycles. The number of para-hydroxylation sites is 1. The lowest BCUT2D eigenvalue weighted by Gasteiger charge is -2.30. The number of rotatable bonds is 3. The van der Waals surface area contributed by atoms with Crippen molar-refractivity contribution in [1.29, 1.82) is 0 Å². The topological polar surface area (TPSA) is 20.3 Å². The first-order valence-corrected chi connectivity index (χ1v) is 7.03. The van der Waals surface area contributed by atoms with E-state index in [1.807, 2.05) is 18.2 Å². The largest absolute Gasteiger partial charge is 0.371 e. The van der Waals surface area contributed by atoms with E-state index in [-0.39, 0.29) is 5.78 Å².